The van der Waals surface area contributed by atoms with Crippen molar-refractivity contribution in [3.8, 4) is 17.4 Å². The zero-order valence-electron chi connectivity index (χ0n) is 21.3. The van der Waals surface area contributed by atoms with Gasteiger partial charge in [0.25, 0.3) is 11.8 Å². The standard InChI is InChI=1S/C24H29FN5O7P/c1-5-18(14(2)32)37-23-19(7-6-8-27-23)36-20-10-17(16(25)9-15(20)12-29(34)35)30(26)22(33)11-21(28-13-31)24(3,4)38/h6-11,13,18H,5,12,26,38H2,1-4H3,(H,28,31)/b21-11-. The average molecular weight is 549 g/mol. The molecule has 2 unspecified atom stereocenters. The summed E-state index contributed by atoms with van der Waals surface area (Å²) in [7, 11) is 2.44. The van der Waals surface area contributed by atoms with Gasteiger partial charge in [0.1, 0.15) is 17.3 Å². The lowest BCUT2D eigenvalue weighted by Gasteiger charge is -2.23. The molecule has 0 saturated heterocycles. The Labute approximate surface area is 220 Å². The zero-order chi connectivity index (χ0) is 28.6. The number of nitrogens with one attached hydrogen (secondary N) is 1. The van der Waals surface area contributed by atoms with E-state index in [0.717, 1.165) is 18.2 Å². The summed E-state index contributed by atoms with van der Waals surface area (Å²) >= 11 is 0. The zero-order valence-corrected chi connectivity index (χ0v) is 22.4. The van der Waals surface area contributed by atoms with Crippen LogP contribution in [0, 0.1) is 15.9 Å². The number of allylic oxidation sites excluding steroid dienone is 1. The first-order valence-corrected chi connectivity index (χ1v) is 11.9. The van der Waals surface area contributed by atoms with Crippen LogP contribution in [-0.2, 0) is 20.9 Å². The van der Waals surface area contributed by atoms with Gasteiger partial charge in [-0.05, 0) is 31.5 Å². The van der Waals surface area contributed by atoms with Gasteiger partial charge in [0.2, 0.25) is 13.0 Å². The number of nitrogens with zero attached hydrogens (tertiary/aromatic N) is 3. The van der Waals surface area contributed by atoms with Crippen molar-refractivity contribution in [3.63, 3.8) is 0 Å². The number of halogens is 1. The van der Waals surface area contributed by atoms with Crippen LogP contribution < -0.4 is 25.6 Å². The highest BCUT2D eigenvalue weighted by Gasteiger charge is 2.25. The molecule has 2 atom stereocenters. The van der Waals surface area contributed by atoms with Crippen LogP contribution in [0.3, 0.4) is 0 Å². The second-order valence-corrected chi connectivity index (χ2v) is 10.1. The number of ketones is 1. The fraction of sp³-hybridized carbons (Fsp3) is 0.333. The van der Waals surface area contributed by atoms with Crippen molar-refractivity contribution in [2.24, 2.45) is 5.84 Å². The molecule has 204 valence electrons. The smallest absolute Gasteiger partial charge is 0.267 e. The van der Waals surface area contributed by atoms with Crippen LogP contribution in [0.4, 0.5) is 10.1 Å². The predicted octanol–water partition coefficient (Wildman–Crippen LogP) is 3.03. The van der Waals surface area contributed by atoms with Crippen molar-refractivity contribution >= 4 is 33.0 Å². The number of hydrogen-bond donors (Lipinski definition) is 2. The highest BCUT2D eigenvalue weighted by atomic mass is 31.0. The number of nitrogens with two attached hydrogens (primary N) is 1. The van der Waals surface area contributed by atoms with E-state index in [1.54, 1.807) is 20.8 Å². The second-order valence-electron chi connectivity index (χ2n) is 8.69. The Kier molecular flexibility index (Phi) is 10.4. The quantitative estimate of drug-likeness (QED) is 0.0726. The number of carbonyl (C=O) groups excluding carboxylic acids is 3. The minimum absolute atomic E-state index is 0.00798. The topological polar surface area (TPSA) is 167 Å². The molecule has 0 bridgehead atoms. The van der Waals surface area contributed by atoms with E-state index in [9.17, 15) is 24.5 Å². The van der Waals surface area contributed by atoms with Crippen molar-refractivity contribution in [2.45, 2.75) is 51.9 Å². The molecule has 0 fully saturated rings. The van der Waals surface area contributed by atoms with Crippen LogP contribution in [0.1, 0.15) is 39.7 Å². The van der Waals surface area contributed by atoms with Gasteiger partial charge in [-0.25, -0.2) is 20.2 Å². The van der Waals surface area contributed by atoms with E-state index in [-0.39, 0.29) is 34.4 Å². The number of anilines is 1. The molecule has 0 radical (unpaired) electrons. The number of nitro groups is 1. The van der Waals surface area contributed by atoms with E-state index >= 15 is 4.39 Å². The molecular weight excluding hydrogens is 520 g/mol. The van der Waals surface area contributed by atoms with Gasteiger partial charge in [0, 0.05) is 34.1 Å². The Morgan fingerprint density at radius 1 is 1.37 bits per heavy atom. The van der Waals surface area contributed by atoms with Crippen molar-refractivity contribution in [1.82, 2.24) is 10.3 Å². The third-order valence-electron chi connectivity index (χ3n) is 5.14. The minimum atomic E-state index is -1.03. The summed E-state index contributed by atoms with van der Waals surface area (Å²) in [5, 5.41) is 13.4. The molecule has 0 aliphatic rings. The third-order valence-corrected chi connectivity index (χ3v) is 5.45. The molecule has 1 aromatic heterocycles. The first-order chi connectivity index (χ1) is 17.8. The number of hydrazine groups is 1. The predicted molar refractivity (Wildman–Crippen MR) is 140 cm³/mol. The number of pyridine rings is 1. The monoisotopic (exact) mass is 549 g/mol. The maximum absolute atomic E-state index is 15.0. The van der Waals surface area contributed by atoms with Crippen LogP contribution >= 0.6 is 9.24 Å². The van der Waals surface area contributed by atoms with Gasteiger partial charge in [0.05, 0.1) is 5.56 Å². The summed E-state index contributed by atoms with van der Waals surface area (Å²) in [6.45, 7) is 5.70. The molecule has 14 heteroatoms. The molecule has 0 aliphatic carbocycles. The van der Waals surface area contributed by atoms with Gasteiger partial charge < -0.3 is 14.8 Å². The fourth-order valence-corrected chi connectivity index (χ4v) is 3.33. The van der Waals surface area contributed by atoms with Gasteiger partial charge >= 0.3 is 0 Å². The summed E-state index contributed by atoms with van der Waals surface area (Å²) < 4.78 is 26.5. The molecule has 3 N–H and O–H groups in total. The highest BCUT2D eigenvalue weighted by molar-refractivity contribution is 7.19. The molecule has 1 heterocycles. The average Bonchev–Trinajstić information content (AvgIpc) is 2.83. The molecular formula is C24H29FN5O7P. The van der Waals surface area contributed by atoms with Crippen molar-refractivity contribution in [2.75, 3.05) is 5.01 Å². The first kappa shape index (κ1) is 30.3. The van der Waals surface area contributed by atoms with E-state index in [2.05, 4.69) is 19.5 Å². The number of hydrogen-bond acceptors (Lipinski definition) is 9. The lowest BCUT2D eigenvalue weighted by Crippen LogP contribution is -2.39. The summed E-state index contributed by atoms with van der Waals surface area (Å²) in [5.74, 6) is 3.46. The number of rotatable bonds is 13. The normalized spacial score (nSPS) is 12.3. The molecule has 0 aliphatic heterocycles. The Balaban J connectivity index is 2.55. The van der Waals surface area contributed by atoms with Crippen LogP contribution in [0.25, 0.3) is 0 Å². The number of Topliss-reactive ketones (excluding diaryl/α,β-unsaturated/α-hetero) is 1. The molecule has 0 saturated carbocycles. The SMILES string of the molecule is CCC(Oc1ncccc1Oc1cc(N(N)C(=O)/C=C(\NC=O)C(C)(C)P)c(F)cc1C[N+](=O)[O-])C(C)=O. The molecule has 38 heavy (non-hydrogen) atoms. The number of amides is 2. The number of ether oxygens (including phenoxy) is 2. The minimum Gasteiger partial charge on any atom is -0.464 e. The second kappa shape index (κ2) is 13.0. The van der Waals surface area contributed by atoms with Crippen molar-refractivity contribution in [3.05, 3.63) is 63.7 Å². The van der Waals surface area contributed by atoms with Crippen molar-refractivity contribution < 1.29 is 33.2 Å². The Bertz CT molecular complexity index is 1250. The van der Waals surface area contributed by atoms with Gasteiger partial charge in [-0.1, -0.05) is 20.8 Å². The Hall–Kier alpha value is -3.96. The highest BCUT2D eigenvalue weighted by Crippen LogP contribution is 2.36. The number of carbonyl (C=O) groups is 3. The lowest BCUT2D eigenvalue weighted by molar-refractivity contribution is -0.496. The largest absolute Gasteiger partial charge is 0.464 e. The molecule has 12 nitrogen and oxygen atoms in total. The lowest BCUT2D eigenvalue weighted by atomic mass is 10.1. The summed E-state index contributed by atoms with van der Waals surface area (Å²) in [6.07, 6.45) is 2.34. The van der Waals surface area contributed by atoms with E-state index in [0.29, 0.717) is 17.8 Å². The van der Waals surface area contributed by atoms with E-state index < -0.39 is 40.1 Å². The molecule has 2 aromatic rings. The molecule has 2 amide bonds. The van der Waals surface area contributed by atoms with Gasteiger partial charge in [0.15, 0.2) is 17.6 Å². The Morgan fingerprint density at radius 3 is 2.61 bits per heavy atom. The van der Waals surface area contributed by atoms with Crippen LogP contribution in [0.5, 0.6) is 17.4 Å². The van der Waals surface area contributed by atoms with Crippen LogP contribution in [0.2, 0.25) is 0 Å². The summed E-state index contributed by atoms with van der Waals surface area (Å²) in [5.41, 5.74) is -0.426. The third kappa shape index (κ3) is 8.02. The Morgan fingerprint density at radius 2 is 2.05 bits per heavy atom. The van der Waals surface area contributed by atoms with Gasteiger partial charge in [-0.2, -0.15) is 0 Å². The fourth-order valence-electron chi connectivity index (χ4n) is 3.16. The molecule has 2 rings (SSSR count). The van der Waals surface area contributed by atoms with Crippen molar-refractivity contribution in [1.29, 1.82) is 0 Å². The van der Waals surface area contributed by atoms with Crippen LogP contribution in [-0.4, -0.2) is 39.3 Å². The van der Waals surface area contributed by atoms with Gasteiger partial charge in [-0.3, -0.25) is 24.5 Å². The number of aromatic nitrogens is 1. The molecule has 0 spiro atoms. The van der Waals surface area contributed by atoms with Gasteiger partial charge in [-0.15, -0.1) is 9.24 Å². The first-order valence-electron chi connectivity index (χ1n) is 11.3. The maximum atomic E-state index is 15.0. The summed E-state index contributed by atoms with van der Waals surface area (Å²) in [6, 6.07) is 4.80. The van der Waals surface area contributed by atoms with E-state index in [1.165, 1.54) is 25.3 Å². The van der Waals surface area contributed by atoms with E-state index in [4.69, 9.17) is 15.3 Å². The number of benzene rings is 1. The van der Waals surface area contributed by atoms with Crippen LogP contribution in [0.15, 0.2) is 42.2 Å². The molecule has 1 aromatic carbocycles. The summed E-state index contributed by atoms with van der Waals surface area (Å²) in [4.78, 5) is 50.2. The van der Waals surface area contributed by atoms with E-state index in [1.807, 2.05) is 0 Å². The maximum Gasteiger partial charge on any atom is 0.267 e.